The maximum atomic E-state index is 12.8. The van der Waals surface area contributed by atoms with E-state index in [1.807, 2.05) is 0 Å². The van der Waals surface area contributed by atoms with Gasteiger partial charge in [-0.1, -0.05) is 0 Å². The molecule has 6 heteroatoms. The molecule has 0 fully saturated rings. The van der Waals surface area contributed by atoms with Crippen LogP contribution in [-0.2, 0) is 4.79 Å². The Labute approximate surface area is 85.7 Å². The van der Waals surface area contributed by atoms with Crippen LogP contribution in [0.2, 0.25) is 0 Å². The molecule has 1 aromatic heterocycles. The predicted molar refractivity (Wildman–Crippen MR) is 49.7 cm³/mol. The van der Waals surface area contributed by atoms with E-state index >= 15 is 0 Å². The maximum Gasteiger partial charge on any atom is 0.301 e. The Hall–Kier alpha value is -1.46. The third-order valence-corrected chi connectivity index (χ3v) is 2.01. The number of carbonyl (C=O) groups is 1. The largest absolute Gasteiger partial charge is 0.429 e. The third-order valence-electron chi connectivity index (χ3n) is 2.01. The smallest absolute Gasteiger partial charge is 0.301 e. The summed E-state index contributed by atoms with van der Waals surface area (Å²) in [4.78, 5) is 15.0. The van der Waals surface area contributed by atoms with Crippen LogP contribution >= 0.6 is 0 Å². The van der Waals surface area contributed by atoms with Gasteiger partial charge in [0, 0.05) is 6.92 Å². The summed E-state index contributed by atoms with van der Waals surface area (Å²) in [6, 6.07) is -0.0615. The summed E-state index contributed by atoms with van der Waals surface area (Å²) in [5, 5.41) is 2.17. The van der Waals surface area contributed by atoms with Crippen LogP contribution in [0.1, 0.15) is 19.6 Å². The van der Waals surface area contributed by atoms with E-state index in [1.54, 1.807) is 6.92 Å². The molecule has 1 unspecified atom stereocenters. The lowest BCUT2D eigenvalue weighted by molar-refractivity contribution is -0.130. The number of aryl methyl sites for hydroxylation is 1. The number of aromatic nitrogens is 1. The molecule has 0 radical (unpaired) electrons. The summed E-state index contributed by atoms with van der Waals surface area (Å²) in [5.41, 5.74) is 0. The number of carbonyl (C=O) groups excluding carboxylic acids is 1. The van der Waals surface area contributed by atoms with Gasteiger partial charge in [-0.2, -0.15) is 0 Å². The van der Waals surface area contributed by atoms with Crippen molar-refractivity contribution in [2.75, 3.05) is 5.32 Å². The molecule has 1 amide bonds. The van der Waals surface area contributed by atoms with E-state index in [2.05, 4.69) is 10.3 Å². The second-order valence-corrected chi connectivity index (χ2v) is 3.44. The Balaban J connectivity index is 2.64. The maximum absolute atomic E-state index is 12.8. The lowest BCUT2D eigenvalue weighted by atomic mass is 10.1. The molecule has 1 aromatic rings. The van der Waals surface area contributed by atoms with Gasteiger partial charge in [0.05, 0.1) is 12.1 Å². The molecule has 1 N–H and O–H groups in total. The van der Waals surface area contributed by atoms with Crippen molar-refractivity contribution in [1.29, 1.82) is 0 Å². The highest BCUT2D eigenvalue weighted by Crippen LogP contribution is 2.24. The van der Waals surface area contributed by atoms with Gasteiger partial charge >= 0.3 is 6.01 Å². The van der Waals surface area contributed by atoms with E-state index in [1.165, 1.54) is 6.20 Å². The highest BCUT2D eigenvalue weighted by atomic mass is 19.3. The van der Waals surface area contributed by atoms with Crippen molar-refractivity contribution < 1.29 is 18.0 Å². The van der Waals surface area contributed by atoms with Crippen LogP contribution in [0.5, 0.6) is 0 Å². The van der Waals surface area contributed by atoms with Crippen molar-refractivity contribution in [2.45, 2.75) is 26.7 Å². The lowest BCUT2D eigenvalue weighted by Crippen LogP contribution is -2.33. The first kappa shape index (κ1) is 11.6. The van der Waals surface area contributed by atoms with Gasteiger partial charge in [-0.05, 0) is 13.8 Å². The first-order valence-corrected chi connectivity index (χ1v) is 4.42. The number of hydrogen-bond donors (Lipinski definition) is 1. The lowest BCUT2D eigenvalue weighted by Gasteiger charge is -2.17. The first-order chi connectivity index (χ1) is 6.80. The van der Waals surface area contributed by atoms with Gasteiger partial charge in [-0.25, -0.2) is 13.8 Å². The normalized spacial score (nSPS) is 13.7. The predicted octanol–water partition coefficient (Wildman–Crippen LogP) is 2.21. The van der Waals surface area contributed by atoms with Crippen LogP contribution in [0.15, 0.2) is 10.6 Å². The molecule has 15 heavy (non-hydrogen) atoms. The number of alkyl halides is 2. The molecule has 84 valence electrons. The molecule has 0 bridgehead atoms. The fourth-order valence-electron chi connectivity index (χ4n) is 0.856. The summed E-state index contributed by atoms with van der Waals surface area (Å²) < 4.78 is 30.5. The minimum Gasteiger partial charge on any atom is -0.429 e. The van der Waals surface area contributed by atoms with Gasteiger partial charge in [0.1, 0.15) is 5.76 Å². The topological polar surface area (TPSA) is 55.1 Å². The van der Waals surface area contributed by atoms with Crippen LogP contribution in [0, 0.1) is 12.8 Å². The number of hydrogen-bond acceptors (Lipinski definition) is 3. The summed E-state index contributed by atoms with van der Waals surface area (Å²) in [7, 11) is 0. The quantitative estimate of drug-likeness (QED) is 0.846. The SMILES string of the molecule is Cc1cnc(NC(=O)C(C)C(C)(F)F)o1. The Kier molecular flexibility index (Phi) is 3.06. The number of nitrogens with zero attached hydrogens (tertiary/aromatic N) is 1. The molecule has 0 spiro atoms. The molecular formula is C9H12F2N2O2. The van der Waals surface area contributed by atoms with Crippen LogP contribution < -0.4 is 5.32 Å². The zero-order valence-electron chi connectivity index (χ0n) is 8.67. The molecular weight excluding hydrogens is 206 g/mol. The van der Waals surface area contributed by atoms with Crippen molar-refractivity contribution in [3.05, 3.63) is 12.0 Å². The van der Waals surface area contributed by atoms with Crippen LogP contribution in [0.4, 0.5) is 14.8 Å². The molecule has 0 aliphatic heterocycles. The van der Waals surface area contributed by atoms with Gasteiger partial charge in [0.25, 0.3) is 5.92 Å². The van der Waals surface area contributed by atoms with E-state index < -0.39 is 17.7 Å². The fraction of sp³-hybridized carbons (Fsp3) is 0.556. The molecule has 1 rings (SSSR count). The van der Waals surface area contributed by atoms with E-state index in [0.717, 1.165) is 6.92 Å². The number of anilines is 1. The third kappa shape index (κ3) is 3.00. The number of rotatable bonds is 3. The van der Waals surface area contributed by atoms with E-state index in [9.17, 15) is 13.6 Å². The fourth-order valence-corrected chi connectivity index (χ4v) is 0.856. The minimum absolute atomic E-state index is 0.0615. The monoisotopic (exact) mass is 218 g/mol. The molecule has 0 aliphatic carbocycles. The van der Waals surface area contributed by atoms with Crippen LogP contribution in [0.25, 0.3) is 0 Å². The van der Waals surface area contributed by atoms with Crippen molar-refractivity contribution >= 4 is 11.9 Å². The Morgan fingerprint density at radius 2 is 2.27 bits per heavy atom. The molecule has 0 aliphatic rings. The molecule has 4 nitrogen and oxygen atoms in total. The number of amides is 1. The summed E-state index contributed by atoms with van der Waals surface area (Å²) in [6.45, 7) is 3.48. The van der Waals surface area contributed by atoms with E-state index in [4.69, 9.17) is 4.42 Å². The van der Waals surface area contributed by atoms with E-state index in [-0.39, 0.29) is 6.01 Å². The van der Waals surface area contributed by atoms with Crippen LogP contribution in [0.3, 0.4) is 0 Å². The van der Waals surface area contributed by atoms with Gasteiger partial charge < -0.3 is 4.42 Å². The summed E-state index contributed by atoms with van der Waals surface area (Å²) in [6.07, 6.45) is 1.39. The zero-order valence-corrected chi connectivity index (χ0v) is 8.67. The van der Waals surface area contributed by atoms with Crippen LogP contribution in [-0.4, -0.2) is 16.8 Å². The average Bonchev–Trinajstić information content (AvgIpc) is 2.48. The number of nitrogens with one attached hydrogen (secondary N) is 1. The average molecular weight is 218 g/mol. The zero-order chi connectivity index (χ0) is 11.6. The van der Waals surface area contributed by atoms with Crippen molar-refractivity contribution in [2.24, 2.45) is 5.92 Å². The van der Waals surface area contributed by atoms with Gasteiger partial charge in [0.2, 0.25) is 5.91 Å². The number of halogens is 2. The standard InChI is InChI=1S/C9H12F2N2O2/c1-5-4-12-8(15-5)13-7(14)6(2)9(3,10)11/h4,6H,1-3H3,(H,12,13,14). The van der Waals surface area contributed by atoms with Gasteiger partial charge in [0.15, 0.2) is 0 Å². The Morgan fingerprint density at radius 3 is 2.67 bits per heavy atom. The molecule has 1 heterocycles. The van der Waals surface area contributed by atoms with Gasteiger partial charge in [-0.15, -0.1) is 0 Å². The molecule has 0 saturated carbocycles. The second kappa shape index (κ2) is 3.96. The van der Waals surface area contributed by atoms with Crippen molar-refractivity contribution in [3.63, 3.8) is 0 Å². The van der Waals surface area contributed by atoms with E-state index in [0.29, 0.717) is 12.7 Å². The highest BCUT2D eigenvalue weighted by molar-refractivity contribution is 5.90. The number of oxazole rings is 1. The summed E-state index contributed by atoms with van der Waals surface area (Å²) in [5.74, 6) is -4.80. The van der Waals surface area contributed by atoms with Crippen molar-refractivity contribution in [1.82, 2.24) is 4.98 Å². The Morgan fingerprint density at radius 1 is 1.67 bits per heavy atom. The minimum atomic E-state index is -3.06. The summed E-state index contributed by atoms with van der Waals surface area (Å²) >= 11 is 0. The van der Waals surface area contributed by atoms with Crippen molar-refractivity contribution in [3.8, 4) is 0 Å². The molecule has 1 atom stereocenters. The Bertz CT molecular complexity index is 357. The highest BCUT2D eigenvalue weighted by Gasteiger charge is 2.36. The van der Waals surface area contributed by atoms with Gasteiger partial charge in [-0.3, -0.25) is 10.1 Å². The first-order valence-electron chi connectivity index (χ1n) is 4.42. The second-order valence-electron chi connectivity index (χ2n) is 3.44. The molecule has 0 saturated heterocycles. The molecule has 0 aromatic carbocycles.